The van der Waals surface area contributed by atoms with Crippen molar-refractivity contribution in [3.63, 3.8) is 0 Å². The molecule has 6 nitrogen and oxygen atoms in total. The summed E-state index contributed by atoms with van der Waals surface area (Å²) in [5.41, 5.74) is 0. The van der Waals surface area contributed by atoms with Gasteiger partial charge in [0.25, 0.3) is 0 Å². The van der Waals surface area contributed by atoms with Crippen molar-refractivity contribution in [2.45, 2.75) is 53.4 Å². The number of nitrogens with zero attached hydrogens (tertiary/aromatic N) is 2. The summed E-state index contributed by atoms with van der Waals surface area (Å²) in [6.07, 6.45) is 4.21. The van der Waals surface area contributed by atoms with E-state index in [4.69, 9.17) is 43.4 Å². The molecule has 0 spiro atoms. The second-order valence-corrected chi connectivity index (χ2v) is 9.87. The molecule has 0 saturated heterocycles. The van der Waals surface area contributed by atoms with Crippen LogP contribution in [0, 0.1) is 0 Å². The van der Waals surface area contributed by atoms with Gasteiger partial charge in [-0.25, -0.2) is 0 Å². The summed E-state index contributed by atoms with van der Waals surface area (Å²) >= 11 is 11.2. The maximum absolute atomic E-state index is 6.03. The Morgan fingerprint density at radius 3 is 1.11 bits per heavy atom. The topological polar surface area (TPSA) is 43.4 Å². The first kappa shape index (κ1) is 31.6. The molecule has 8 heteroatoms. The van der Waals surface area contributed by atoms with Gasteiger partial charge in [-0.2, -0.15) is 0 Å². The third-order valence-electron chi connectivity index (χ3n) is 5.68. The summed E-state index contributed by atoms with van der Waals surface area (Å²) in [5, 5.41) is 0. The fourth-order valence-electron chi connectivity index (χ4n) is 3.94. The summed E-state index contributed by atoms with van der Waals surface area (Å²) in [6, 6.07) is 15.3. The quantitative estimate of drug-likeness (QED) is 0.137. The van der Waals surface area contributed by atoms with Crippen molar-refractivity contribution in [2.24, 2.45) is 0 Å². The van der Waals surface area contributed by atoms with Crippen LogP contribution in [0.1, 0.15) is 53.4 Å². The average Bonchev–Trinajstić information content (AvgIpc) is 2.93. The van der Waals surface area contributed by atoms with Crippen LogP contribution in [0.4, 0.5) is 0 Å². The number of ether oxygens (including phenoxy) is 4. The maximum atomic E-state index is 6.03. The van der Waals surface area contributed by atoms with Gasteiger partial charge in [-0.3, -0.25) is 0 Å². The minimum Gasteiger partial charge on any atom is -0.486 e. The second-order valence-electron chi connectivity index (χ2n) is 8.93. The highest BCUT2D eigenvalue weighted by molar-refractivity contribution is 7.80. The van der Waals surface area contributed by atoms with Crippen LogP contribution in [0.2, 0.25) is 0 Å². The van der Waals surface area contributed by atoms with E-state index >= 15 is 0 Å². The van der Waals surface area contributed by atoms with Crippen molar-refractivity contribution in [1.82, 2.24) is 9.80 Å². The third-order valence-corrected chi connectivity index (χ3v) is 6.43. The lowest BCUT2D eigenvalue weighted by Gasteiger charge is -2.24. The van der Waals surface area contributed by atoms with Crippen LogP contribution in [0.25, 0.3) is 0 Å². The van der Waals surface area contributed by atoms with Gasteiger partial charge in [-0.05, 0) is 49.9 Å². The molecule has 2 aromatic carbocycles. The molecule has 0 amide bonds. The predicted molar refractivity (Wildman–Crippen MR) is 164 cm³/mol. The molecule has 0 radical (unpaired) electrons. The first-order valence-corrected chi connectivity index (χ1v) is 14.6. The summed E-state index contributed by atoms with van der Waals surface area (Å²) < 4.78 is 24.1. The van der Waals surface area contributed by atoms with E-state index in [1.807, 2.05) is 48.5 Å². The van der Waals surface area contributed by atoms with E-state index in [0.717, 1.165) is 61.8 Å². The molecule has 0 bridgehead atoms. The number of thiocarbonyl (C=S) groups is 2. The number of rotatable bonds is 19. The van der Waals surface area contributed by atoms with Crippen molar-refractivity contribution in [3.05, 3.63) is 48.5 Å². The van der Waals surface area contributed by atoms with Crippen molar-refractivity contribution < 1.29 is 18.9 Å². The summed E-state index contributed by atoms with van der Waals surface area (Å²) in [5.74, 6) is 2.67. The van der Waals surface area contributed by atoms with E-state index in [-0.39, 0.29) is 0 Å². The van der Waals surface area contributed by atoms with Crippen molar-refractivity contribution in [1.29, 1.82) is 0 Å². The van der Waals surface area contributed by atoms with Gasteiger partial charge in [0.1, 0.15) is 36.4 Å². The zero-order valence-electron chi connectivity index (χ0n) is 23.4. The Morgan fingerprint density at radius 2 is 0.816 bits per heavy atom. The Hall–Kier alpha value is -2.58. The Labute approximate surface area is 240 Å². The van der Waals surface area contributed by atoms with E-state index < -0.39 is 0 Å². The van der Waals surface area contributed by atoms with E-state index in [1.165, 1.54) is 0 Å². The largest absolute Gasteiger partial charge is 0.486 e. The Bertz CT molecular complexity index is 883. The molecule has 0 aliphatic rings. The number of benzene rings is 2. The zero-order valence-corrected chi connectivity index (χ0v) is 25.1. The van der Waals surface area contributed by atoms with Crippen LogP contribution in [0.5, 0.6) is 23.0 Å². The van der Waals surface area contributed by atoms with Crippen molar-refractivity contribution in [2.75, 3.05) is 52.6 Å². The lowest BCUT2D eigenvalue weighted by Crippen LogP contribution is -2.34. The number of hydrogen-bond acceptors (Lipinski definition) is 6. The Morgan fingerprint density at radius 1 is 0.526 bits per heavy atom. The fraction of sp³-hybridized carbons (Fsp3) is 0.533. The minimum absolute atomic E-state index is 0.354. The van der Waals surface area contributed by atoms with Crippen LogP contribution in [0.3, 0.4) is 0 Å². The SMILES string of the molecule is CCCN(CCC)C(=S)COc1ccccc1OCCOc1ccccc1OCC(=S)N(CCC)CCC. The molecule has 0 aliphatic heterocycles. The van der Waals surface area contributed by atoms with E-state index in [0.29, 0.717) is 49.4 Å². The van der Waals surface area contributed by atoms with Crippen molar-refractivity contribution in [3.8, 4) is 23.0 Å². The monoisotopic (exact) mass is 560 g/mol. The molecule has 38 heavy (non-hydrogen) atoms. The molecule has 2 rings (SSSR count). The van der Waals surface area contributed by atoms with E-state index in [1.54, 1.807) is 0 Å². The molecule has 0 heterocycles. The van der Waals surface area contributed by atoms with Gasteiger partial charge in [-0.1, -0.05) is 76.4 Å². The highest BCUT2D eigenvalue weighted by Crippen LogP contribution is 2.28. The molecular formula is C30H44N2O4S2. The molecule has 0 aromatic heterocycles. The van der Waals surface area contributed by atoms with Crippen LogP contribution in [0.15, 0.2) is 48.5 Å². The summed E-state index contributed by atoms with van der Waals surface area (Å²) in [7, 11) is 0. The number of para-hydroxylation sites is 4. The standard InChI is InChI=1S/C30H44N2O4S2/c1-5-17-31(18-6-2)29(37)23-35-27-15-11-9-13-25(27)33-21-22-34-26-14-10-12-16-28(26)36-24-30(38)32(19-7-3)20-8-4/h9-16H,5-8,17-24H2,1-4H3. The van der Waals surface area contributed by atoms with Crippen LogP contribution < -0.4 is 18.9 Å². The smallest absolute Gasteiger partial charge is 0.161 e. The number of hydrogen-bond donors (Lipinski definition) is 0. The molecule has 0 fully saturated rings. The molecular weight excluding hydrogens is 516 g/mol. The maximum Gasteiger partial charge on any atom is 0.161 e. The van der Waals surface area contributed by atoms with Gasteiger partial charge in [0.15, 0.2) is 23.0 Å². The second kappa shape index (κ2) is 18.6. The van der Waals surface area contributed by atoms with Gasteiger partial charge in [0, 0.05) is 26.2 Å². The molecule has 210 valence electrons. The van der Waals surface area contributed by atoms with Crippen molar-refractivity contribution >= 4 is 34.4 Å². The first-order chi connectivity index (χ1) is 18.5. The Kier molecular flexibility index (Phi) is 15.5. The minimum atomic E-state index is 0.354. The third kappa shape index (κ3) is 11.0. The molecule has 0 saturated carbocycles. The van der Waals surface area contributed by atoms with Gasteiger partial charge in [-0.15, -0.1) is 0 Å². The highest BCUT2D eigenvalue weighted by atomic mass is 32.1. The lowest BCUT2D eigenvalue weighted by atomic mass is 10.3. The molecule has 0 atom stereocenters. The molecule has 0 aliphatic carbocycles. The average molecular weight is 561 g/mol. The normalized spacial score (nSPS) is 10.5. The zero-order chi connectivity index (χ0) is 27.6. The van der Waals surface area contributed by atoms with E-state index in [2.05, 4.69) is 37.5 Å². The van der Waals surface area contributed by atoms with Gasteiger partial charge in [0.2, 0.25) is 0 Å². The summed E-state index contributed by atoms with van der Waals surface area (Å²) in [6.45, 7) is 13.8. The Balaban J connectivity index is 1.87. The van der Waals surface area contributed by atoms with Crippen LogP contribution >= 0.6 is 24.4 Å². The van der Waals surface area contributed by atoms with Gasteiger partial charge in [0.05, 0.1) is 0 Å². The molecule has 2 aromatic rings. The summed E-state index contributed by atoms with van der Waals surface area (Å²) in [4.78, 5) is 6.06. The molecule has 0 unspecified atom stereocenters. The predicted octanol–water partition coefficient (Wildman–Crippen LogP) is 6.80. The highest BCUT2D eigenvalue weighted by Gasteiger charge is 2.13. The molecule has 0 N–H and O–H groups in total. The van der Waals surface area contributed by atoms with Crippen LogP contribution in [-0.4, -0.2) is 72.4 Å². The van der Waals surface area contributed by atoms with E-state index in [9.17, 15) is 0 Å². The lowest BCUT2D eigenvalue weighted by molar-refractivity contribution is 0.203. The fourth-order valence-corrected chi connectivity index (χ4v) is 4.43. The van der Waals surface area contributed by atoms with Crippen LogP contribution in [-0.2, 0) is 0 Å². The van der Waals surface area contributed by atoms with Gasteiger partial charge >= 0.3 is 0 Å². The first-order valence-electron chi connectivity index (χ1n) is 13.8. The van der Waals surface area contributed by atoms with Gasteiger partial charge < -0.3 is 28.7 Å².